The molecule has 0 saturated carbocycles. The maximum absolute atomic E-state index is 12.8. The number of nitrogens with zero attached hydrogens (tertiary/aromatic N) is 4. The highest BCUT2D eigenvalue weighted by Gasteiger charge is 2.50. The van der Waals surface area contributed by atoms with Crippen molar-refractivity contribution in [3.8, 4) is 0 Å². The van der Waals surface area contributed by atoms with Crippen LogP contribution < -0.4 is 16.4 Å². The fourth-order valence-electron chi connectivity index (χ4n) is 7.03. The number of imidazole rings is 1. The Labute approximate surface area is 435 Å². The zero-order valence-electron chi connectivity index (χ0n) is 41.9. The summed E-state index contributed by atoms with van der Waals surface area (Å²) in [6.45, 7) is 2.58. The van der Waals surface area contributed by atoms with Gasteiger partial charge in [0.05, 0.1) is 25.6 Å². The molecule has 1 saturated heterocycles. The number of carbonyl (C=O) groups excluding carboxylic acids is 3. The van der Waals surface area contributed by atoms with Gasteiger partial charge in [-0.25, -0.2) is 28.6 Å². The number of nitrogens with two attached hydrogens (primary N) is 1. The first-order valence-electron chi connectivity index (χ1n) is 24.3. The summed E-state index contributed by atoms with van der Waals surface area (Å²) in [7, 11) is -16.5. The highest BCUT2D eigenvalue weighted by atomic mass is 32.2. The number of unbranched alkanes of at least 4 members (excludes halogenated alkanes) is 6. The number of nitrogens with one attached hydrogen (secondary N) is 2. The summed E-state index contributed by atoms with van der Waals surface area (Å²) >= 11 is 0.984. The molecule has 2 amide bonds. The molecule has 3 rings (SSSR count). The molecule has 11 N–H and O–H groups in total. The third kappa shape index (κ3) is 25.1. The van der Waals surface area contributed by atoms with E-state index in [2.05, 4.69) is 90.0 Å². The van der Waals surface area contributed by atoms with Gasteiger partial charge in [-0.2, -0.15) is 4.31 Å². The highest BCUT2D eigenvalue weighted by Crippen LogP contribution is 2.61. The number of aromatic nitrogens is 4. The summed E-state index contributed by atoms with van der Waals surface area (Å²) in [6, 6.07) is 0. The normalized spacial score (nSPS) is 20.2. The van der Waals surface area contributed by atoms with Gasteiger partial charge in [-0.15, -0.1) is 0 Å². The molecule has 8 atom stereocenters. The van der Waals surface area contributed by atoms with Crippen molar-refractivity contribution in [3.05, 3.63) is 61.3 Å². The first kappa shape index (κ1) is 64.8. The Balaban J connectivity index is 1.27. The van der Waals surface area contributed by atoms with Crippen LogP contribution in [0.25, 0.3) is 11.2 Å². The Morgan fingerprint density at radius 3 is 2.12 bits per heavy atom. The van der Waals surface area contributed by atoms with Gasteiger partial charge in [0.1, 0.15) is 36.3 Å². The SMILES string of the molecule is CCCCC/C=C\C/C=C\C/C=C\C/C=C\CCCCC[C@@H](O)CC(=O)SCCNC(=O)CCNC(=O)[C@H](O)C(C)(C)COP(=O)(O)OP(=O)(O)OC[C@H]1O[C@@H](n2cnc3c(N)ncnc32)[C@H](O)[C@@H]1OP(=O)(O)O. The average molecular weight is 1130 g/mol. The molecule has 74 heavy (non-hydrogen) atoms. The molecule has 0 aromatic carbocycles. The Morgan fingerprint density at radius 2 is 1.49 bits per heavy atom. The summed E-state index contributed by atoms with van der Waals surface area (Å²) in [5.74, 6) is -1.25. The van der Waals surface area contributed by atoms with Gasteiger partial charge in [0, 0.05) is 37.1 Å². The molecule has 418 valence electrons. The Kier molecular flexibility index (Phi) is 28.8. The zero-order chi connectivity index (χ0) is 54.8. The van der Waals surface area contributed by atoms with E-state index < -0.39 is 90.7 Å². The lowest BCUT2D eigenvalue weighted by atomic mass is 9.87. The monoisotopic (exact) mass is 1130 g/mol. The summed E-state index contributed by atoms with van der Waals surface area (Å²) < 4.78 is 62.5. The van der Waals surface area contributed by atoms with Crippen molar-refractivity contribution in [2.75, 3.05) is 37.8 Å². The summed E-state index contributed by atoms with van der Waals surface area (Å²) in [5.41, 5.74) is 4.25. The van der Waals surface area contributed by atoms with Crippen molar-refractivity contribution >= 4 is 69.1 Å². The van der Waals surface area contributed by atoms with Crippen LogP contribution in [0.3, 0.4) is 0 Å². The number of phosphoric acid groups is 3. The molecule has 1 fully saturated rings. The van der Waals surface area contributed by atoms with E-state index in [0.717, 1.165) is 80.4 Å². The van der Waals surface area contributed by atoms with Crippen LogP contribution in [0.1, 0.15) is 117 Å². The van der Waals surface area contributed by atoms with Crippen LogP contribution in [0.5, 0.6) is 0 Å². The molecule has 0 bridgehead atoms. The second kappa shape index (κ2) is 32.9. The summed E-state index contributed by atoms with van der Waals surface area (Å²) in [5, 5.41) is 36.7. The maximum atomic E-state index is 12.8. The molecule has 2 aromatic heterocycles. The number of hydrogen-bond donors (Lipinski definition) is 10. The van der Waals surface area contributed by atoms with Crippen molar-refractivity contribution in [1.29, 1.82) is 0 Å². The lowest BCUT2D eigenvalue weighted by molar-refractivity contribution is -0.137. The molecule has 3 heterocycles. The van der Waals surface area contributed by atoms with Gasteiger partial charge in [-0.1, -0.05) is 107 Å². The number of aliphatic hydroxyl groups is 3. The van der Waals surface area contributed by atoms with Gasteiger partial charge < -0.3 is 56.0 Å². The van der Waals surface area contributed by atoms with E-state index in [0.29, 0.717) is 6.42 Å². The van der Waals surface area contributed by atoms with E-state index in [9.17, 15) is 63.0 Å². The topological polar surface area (TPSA) is 384 Å². The highest BCUT2D eigenvalue weighted by molar-refractivity contribution is 8.13. The van der Waals surface area contributed by atoms with Gasteiger partial charge >= 0.3 is 23.5 Å². The Hall–Kier alpha value is -3.52. The minimum Gasteiger partial charge on any atom is -0.393 e. The smallest absolute Gasteiger partial charge is 0.393 e. The van der Waals surface area contributed by atoms with Gasteiger partial charge in [0.2, 0.25) is 11.8 Å². The number of rotatable bonds is 37. The molecule has 2 aromatic rings. The number of carbonyl (C=O) groups is 3. The standard InChI is InChI=1S/C45H74N7O18P3S/c1-4-5-6-7-8-9-10-11-12-13-14-15-16-17-18-19-20-21-22-23-33(53)28-36(55)74-27-26-47-35(54)24-25-48-43(58)40(57)45(2,3)30-67-73(64,65)70-72(62,63)66-29-34-39(69-71(59,60)61)38(56)44(68-34)52-32-51-37-41(46)49-31-50-42(37)52/h8-9,11-12,14-15,17-18,31-34,38-40,44,53,56-57H,4-7,10,13,16,19-30H2,1-3H3,(H,47,54)(H,48,58)(H,62,63)(H,64,65)(H2,46,49,50)(H2,59,60,61)/b9-8-,12-11-,15-14-,18-17-/t33-,34-,38-,39-,40+,44-/m1/s1. The van der Waals surface area contributed by atoms with E-state index >= 15 is 0 Å². The Morgan fingerprint density at radius 1 is 0.865 bits per heavy atom. The van der Waals surface area contributed by atoms with E-state index in [1.165, 1.54) is 33.1 Å². The molecule has 0 aliphatic carbocycles. The van der Waals surface area contributed by atoms with E-state index in [-0.39, 0.29) is 53.8 Å². The van der Waals surface area contributed by atoms with Crippen LogP contribution in [0.2, 0.25) is 0 Å². The first-order chi connectivity index (χ1) is 34.9. The summed E-state index contributed by atoms with van der Waals surface area (Å²) in [6.07, 6.45) is 21.7. The predicted octanol–water partition coefficient (Wildman–Crippen LogP) is 5.34. The molecule has 25 nitrogen and oxygen atoms in total. The van der Waals surface area contributed by atoms with E-state index in [1.807, 2.05) is 0 Å². The van der Waals surface area contributed by atoms with Crippen LogP contribution in [-0.2, 0) is 50.7 Å². The Bertz CT molecular complexity index is 2330. The molecular weight excluding hydrogens is 1050 g/mol. The third-order valence-corrected chi connectivity index (χ3v) is 15.0. The quantitative estimate of drug-likeness (QED) is 0.0232. The van der Waals surface area contributed by atoms with Crippen molar-refractivity contribution in [2.24, 2.45) is 5.41 Å². The van der Waals surface area contributed by atoms with Crippen molar-refractivity contribution < 1.29 is 85.6 Å². The molecule has 0 radical (unpaired) electrons. The van der Waals surface area contributed by atoms with Gasteiger partial charge in [-0.05, 0) is 51.4 Å². The van der Waals surface area contributed by atoms with Crippen LogP contribution >= 0.6 is 35.2 Å². The first-order valence-corrected chi connectivity index (χ1v) is 29.8. The number of ether oxygens (including phenoxy) is 1. The van der Waals surface area contributed by atoms with Gasteiger partial charge in [0.25, 0.3) is 0 Å². The molecule has 29 heteroatoms. The number of anilines is 1. The molecule has 2 unspecified atom stereocenters. The fourth-order valence-corrected chi connectivity index (χ4v) is 10.6. The number of phosphoric ester groups is 3. The van der Waals surface area contributed by atoms with Crippen molar-refractivity contribution in [3.63, 3.8) is 0 Å². The van der Waals surface area contributed by atoms with Crippen molar-refractivity contribution in [2.45, 2.75) is 147 Å². The number of nitrogen functional groups attached to an aromatic ring is 1. The number of allylic oxidation sites excluding steroid dienone is 8. The number of thioether (sulfide) groups is 1. The molecule has 1 aliphatic rings. The maximum Gasteiger partial charge on any atom is 0.481 e. The van der Waals surface area contributed by atoms with Crippen LogP contribution in [0.4, 0.5) is 5.82 Å². The zero-order valence-corrected chi connectivity index (χ0v) is 45.4. The number of amides is 2. The second-order valence-electron chi connectivity index (χ2n) is 17.9. The second-order valence-corrected chi connectivity index (χ2v) is 23.3. The lowest BCUT2D eigenvalue weighted by Gasteiger charge is -2.30. The van der Waals surface area contributed by atoms with E-state index in [1.54, 1.807) is 0 Å². The molecular formula is C45H74N7O18P3S. The molecule has 1 aliphatic heterocycles. The number of hydrogen-bond acceptors (Lipinski definition) is 19. The number of aliphatic hydroxyl groups excluding tert-OH is 3. The minimum atomic E-state index is -5.59. The predicted molar refractivity (Wildman–Crippen MR) is 275 cm³/mol. The number of fused-ring (bicyclic) bond motifs is 1. The van der Waals surface area contributed by atoms with Gasteiger partial charge in [0.15, 0.2) is 22.8 Å². The lowest BCUT2D eigenvalue weighted by Crippen LogP contribution is -2.46. The largest absolute Gasteiger partial charge is 0.481 e. The minimum absolute atomic E-state index is 0.00231. The van der Waals surface area contributed by atoms with Crippen LogP contribution in [0.15, 0.2) is 61.3 Å². The average Bonchev–Trinajstić information content (AvgIpc) is 3.89. The van der Waals surface area contributed by atoms with Crippen molar-refractivity contribution in [1.82, 2.24) is 30.2 Å². The van der Waals surface area contributed by atoms with E-state index in [4.69, 9.17) is 19.5 Å². The summed E-state index contributed by atoms with van der Waals surface area (Å²) in [4.78, 5) is 88.6. The third-order valence-electron chi connectivity index (χ3n) is 11.0. The van der Waals surface area contributed by atoms with Gasteiger partial charge in [-0.3, -0.25) is 32.5 Å². The molecule has 0 spiro atoms. The van der Waals surface area contributed by atoms with Crippen LogP contribution in [0, 0.1) is 5.41 Å². The van der Waals surface area contributed by atoms with Crippen LogP contribution in [-0.4, -0.2) is 134 Å². The fraction of sp³-hybridized carbons (Fsp3) is 0.644.